The lowest BCUT2D eigenvalue weighted by Crippen LogP contribution is -2.47. The predicted octanol–water partition coefficient (Wildman–Crippen LogP) is 2.51. The first-order valence-corrected chi connectivity index (χ1v) is 7.73. The Morgan fingerprint density at radius 2 is 1.70 bits per heavy atom. The summed E-state index contributed by atoms with van der Waals surface area (Å²) in [5.41, 5.74) is -0.194. The van der Waals surface area contributed by atoms with Crippen molar-refractivity contribution in [1.82, 2.24) is 0 Å². The highest BCUT2D eigenvalue weighted by molar-refractivity contribution is 7.86. The van der Waals surface area contributed by atoms with Gasteiger partial charge in [-0.2, -0.15) is 17.2 Å². The lowest BCUT2D eigenvalue weighted by molar-refractivity contribution is -0.0802. The summed E-state index contributed by atoms with van der Waals surface area (Å²) < 4.78 is 55.0. The van der Waals surface area contributed by atoms with E-state index < -0.39 is 33.8 Å². The largest absolute Gasteiger partial charge is 0.336 e. The van der Waals surface area contributed by atoms with Crippen molar-refractivity contribution in [2.75, 3.05) is 6.26 Å². The zero-order chi connectivity index (χ0) is 15.6. The maximum atomic E-state index is 14.2. The highest BCUT2D eigenvalue weighted by Crippen LogP contribution is 2.31. The van der Waals surface area contributed by atoms with Crippen LogP contribution in [0.15, 0.2) is 30.3 Å². The fourth-order valence-corrected chi connectivity index (χ4v) is 2.41. The summed E-state index contributed by atoms with van der Waals surface area (Å²) in [7, 11) is -4.10. The van der Waals surface area contributed by atoms with Crippen LogP contribution >= 0.6 is 0 Å². The minimum Gasteiger partial charge on any atom is -0.287 e. The quantitative estimate of drug-likeness (QED) is 0.598. The molecule has 0 saturated heterocycles. The van der Waals surface area contributed by atoms with Crippen LogP contribution in [0.2, 0.25) is 0 Å². The van der Waals surface area contributed by atoms with E-state index in [-0.39, 0.29) is 5.56 Å². The van der Waals surface area contributed by atoms with Gasteiger partial charge in [0, 0.05) is 5.56 Å². The van der Waals surface area contributed by atoms with Gasteiger partial charge in [-0.3, -0.25) is 8.98 Å². The van der Waals surface area contributed by atoms with Crippen molar-refractivity contribution in [2.24, 2.45) is 5.92 Å². The number of alkyl halides is 2. The van der Waals surface area contributed by atoms with Crippen LogP contribution < -0.4 is 0 Å². The Morgan fingerprint density at radius 1 is 1.20 bits per heavy atom. The number of hydrogen-bond donors (Lipinski definition) is 0. The van der Waals surface area contributed by atoms with E-state index in [4.69, 9.17) is 0 Å². The van der Waals surface area contributed by atoms with Crippen molar-refractivity contribution in [3.05, 3.63) is 35.9 Å². The second kappa shape index (κ2) is 5.97. The zero-order valence-electron chi connectivity index (χ0n) is 11.3. The summed E-state index contributed by atoms with van der Waals surface area (Å²) >= 11 is 0. The average molecular weight is 306 g/mol. The first kappa shape index (κ1) is 16.7. The van der Waals surface area contributed by atoms with Crippen LogP contribution in [-0.4, -0.2) is 32.5 Å². The summed E-state index contributed by atoms with van der Waals surface area (Å²) in [5, 5.41) is 0. The number of benzene rings is 1. The molecule has 0 fully saturated rings. The third-order valence-corrected chi connectivity index (χ3v) is 3.14. The molecule has 0 aliphatic heterocycles. The van der Waals surface area contributed by atoms with Gasteiger partial charge in [-0.25, -0.2) is 0 Å². The fourth-order valence-electron chi connectivity index (χ4n) is 1.69. The van der Waals surface area contributed by atoms with Crippen molar-refractivity contribution in [2.45, 2.75) is 25.9 Å². The SMILES string of the molecule is CC(C)C(OS(C)(=O)=O)C(F)(F)C(=O)c1ccccc1. The van der Waals surface area contributed by atoms with Crippen LogP contribution in [0.3, 0.4) is 0 Å². The smallest absolute Gasteiger partial charge is 0.287 e. The van der Waals surface area contributed by atoms with Gasteiger partial charge >= 0.3 is 5.92 Å². The maximum absolute atomic E-state index is 14.2. The normalized spacial score (nSPS) is 14.3. The van der Waals surface area contributed by atoms with Crippen molar-refractivity contribution in [3.8, 4) is 0 Å². The Kier molecular flexibility index (Phi) is 4.99. The van der Waals surface area contributed by atoms with E-state index in [1.807, 2.05) is 0 Å². The number of Topliss-reactive ketones (excluding diaryl/α,β-unsaturated/α-hetero) is 1. The van der Waals surface area contributed by atoms with Crippen LogP contribution in [0.25, 0.3) is 0 Å². The van der Waals surface area contributed by atoms with Gasteiger partial charge in [0.2, 0.25) is 5.78 Å². The maximum Gasteiger partial charge on any atom is 0.336 e. The number of ketones is 1. The van der Waals surface area contributed by atoms with Crippen LogP contribution in [0.1, 0.15) is 24.2 Å². The number of rotatable bonds is 6. The van der Waals surface area contributed by atoms with Gasteiger partial charge in [-0.1, -0.05) is 44.2 Å². The average Bonchev–Trinajstić information content (AvgIpc) is 2.34. The molecule has 0 aliphatic rings. The summed E-state index contributed by atoms with van der Waals surface area (Å²) in [4.78, 5) is 11.9. The van der Waals surface area contributed by atoms with Crippen molar-refractivity contribution < 1.29 is 26.2 Å². The van der Waals surface area contributed by atoms with Gasteiger partial charge in [0.15, 0.2) is 6.10 Å². The van der Waals surface area contributed by atoms with Crippen molar-refractivity contribution >= 4 is 15.9 Å². The van der Waals surface area contributed by atoms with Crippen LogP contribution in [-0.2, 0) is 14.3 Å². The van der Waals surface area contributed by atoms with Gasteiger partial charge < -0.3 is 0 Å². The number of hydrogen-bond acceptors (Lipinski definition) is 4. The minimum absolute atomic E-state index is 0.194. The third-order valence-electron chi connectivity index (χ3n) is 2.58. The van der Waals surface area contributed by atoms with Gasteiger partial charge in [-0.15, -0.1) is 0 Å². The molecule has 0 N–H and O–H groups in total. The molecular weight excluding hydrogens is 290 g/mol. The summed E-state index contributed by atoms with van der Waals surface area (Å²) in [6.07, 6.45) is -1.36. The third kappa shape index (κ3) is 4.08. The second-order valence-electron chi connectivity index (χ2n) is 4.78. The molecule has 0 amide bonds. The number of halogens is 2. The summed E-state index contributed by atoms with van der Waals surface area (Å²) in [6.45, 7) is 2.73. The molecule has 1 rings (SSSR count). The predicted molar refractivity (Wildman–Crippen MR) is 70.3 cm³/mol. The first-order chi connectivity index (χ1) is 9.05. The first-order valence-electron chi connectivity index (χ1n) is 5.91. The molecule has 0 aromatic heterocycles. The Morgan fingerprint density at radius 3 is 2.10 bits per heavy atom. The molecular formula is C13H16F2O4S. The molecule has 0 aliphatic carbocycles. The molecule has 1 unspecified atom stereocenters. The number of carbonyl (C=O) groups excluding carboxylic acids is 1. The lowest BCUT2D eigenvalue weighted by Gasteiger charge is -2.27. The van der Waals surface area contributed by atoms with E-state index in [1.165, 1.54) is 38.1 Å². The standard InChI is InChI=1S/C13H16F2O4S/c1-9(2)12(19-20(3,17)18)13(14,15)11(16)10-7-5-4-6-8-10/h4-9,12H,1-3H3. The Hall–Kier alpha value is -1.34. The molecule has 0 bridgehead atoms. The van der Waals surface area contributed by atoms with Crippen LogP contribution in [0.5, 0.6) is 0 Å². The summed E-state index contributed by atoms with van der Waals surface area (Å²) in [6, 6.07) is 6.97. The van der Waals surface area contributed by atoms with Crippen molar-refractivity contribution in [1.29, 1.82) is 0 Å². The highest BCUT2D eigenvalue weighted by atomic mass is 32.2. The number of carbonyl (C=O) groups is 1. The Balaban J connectivity index is 3.14. The molecule has 7 heteroatoms. The monoisotopic (exact) mass is 306 g/mol. The van der Waals surface area contributed by atoms with Gasteiger partial charge in [0.1, 0.15) is 0 Å². The zero-order valence-corrected chi connectivity index (χ0v) is 12.2. The van der Waals surface area contributed by atoms with E-state index in [2.05, 4.69) is 4.18 Å². The fraction of sp³-hybridized carbons (Fsp3) is 0.462. The second-order valence-corrected chi connectivity index (χ2v) is 6.38. The van der Waals surface area contributed by atoms with E-state index in [0.29, 0.717) is 6.26 Å². The van der Waals surface area contributed by atoms with E-state index in [9.17, 15) is 22.0 Å². The molecule has 20 heavy (non-hydrogen) atoms. The molecule has 1 aromatic carbocycles. The molecule has 112 valence electrons. The molecule has 0 heterocycles. The van der Waals surface area contributed by atoms with Crippen molar-refractivity contribution in [3.63, 3.8) is 0 Å². The van der Waals surface area contributed by atoms with Gasteiger partial charge in [0.25, 0.3) is 10.1 Å². The topological polar surface area (TPSA) is 60.4 Å². The highest BCUT2D eigenvalue weighted by Gasteiger charge is 2.51. The van der Waals surface area contributed by atoms with Crippen LogP contribution in [0.4, 0.5) is 8.78 Å². The molecule has 4 nitrogen and oxygen atoms in total. The molecule has 1 atom stereocenters. The minimum atomic E-state index is -4.10. The molecule has 0 radical (unpaired) electrons. The lowest BCUT2D eigenvalue weighted by atomic mass is 9.94. The Bertz CT molecular complexity index is 567. The molecule has 1 aromatic rings. The van der Waals surface area contributed by atoms with E-state index in [0.717, 1.165) is 0 Å². The molecule has 0 spiro atoms. The van der Waals surface area contributed by atoms with Gasteiger partial charge in [0.05, 0.1) is 6.26 Å². The van der Waals surface area contributed by atoms with E-state index >= 15 is 0 Å². The van der Waals surface area contributed by atoms with Crippen LogP contribution in [0, 0.1) is 5.92 Å². The Labute approximate surface area is 116 Å². The molecule has 0 saturated carbocycles. The van der Waals surface area contributed by atoms with E-state index in [1.54, 1.807) is 6.07 Å². The van der Waals surface area contributed by atoms with Gasteiger partial charge in [-0.05, 0) is 5.92 Å². The summed E-state index contributed by atoms with van der Waals surface area (Å²) in [5.74, 6) is -6.24.